The van der Waals surface area contributed by atoms with Crippen LogP contribution in [0.5, 0.6) is 11.5 Å². The van der Waals surface area contributed by atoms with Gasteiger partial charge in [-0.3, -0.25) is 0 Å². The molecule has 0 aliphatic carbocycles. The van der Waals surface area contributed by atoms with Gasteiger partial charge in [0.2, 0.25) is 0 Å². The van der Waals surface area contributed by atoms with Crippen LogP contribution in [0.25, 0.3) is 0 Å². The molecule has 0 aliphatic rings. The fraction of sp³-hybridized carbons (Fsp3) is 0.182. The van der Waals surface area contributed by atoms with E-state index in [0.717, 1.165) is 48.5 Å². The first-order chi connectivity index (χ1) is 16.5. The normalized spacial score (nSPS) is 13.4. The summed E-state index contributed by atoms with van der Waals surface area (Å²) in [7, 11) is -3.78. The quantitative estimate of drug-likeness (QED) is 0.137. The van der Waals surface area contributed by atoms with E-state index in [-0.39, 0.29) is 15.9 Å². The Morgan fingerprint density at radius 3 is 1.14 bits per heavy atom. The summed E-state index contributed by atoms with van der Waals surface area (Å²) in [6.45, 7) is 0. The van der Waals surface area contributed by atoms with Gasteiger partial charge in [0, 0.05) is 47.8 Å². The Bertz CT molecular complexity index is 1150. The van der Waals surface area contributed by atoms with Gasteiger partial charge in [-0.2, -0.15) is 35.1 Å². The van der Waals surface area contributed by atoms with E-state index in [9.17, 15) is 39.7 Å². The van der Waals surface area contributed by atoms with Crippen LogP contribution in [0.1, 0.15) is 0 Å². The molecule has 0 aromatic heterocycles. The lowest BCUT2D eigenvalue weighted by Gasteiger charge is -2.24. The molecule has 194 valence electrons. The van der Waals surface area contributed by atoms with Gasteiger partial charge >= 0.3 is 21.9 Å². The van der Waals surface area contributed by atoms with E-state index < -0.39 is 40.5 Å². The van der Waals surface area contributed by atoms with Gasteiger partial charge in [-0.25, -0.2) is 0 Å². The first kappa shape index (κ1) is 28.5. The second kappa shape index (κ2) is 9.98. The van der Waals surface area contributed by atoms with Crippen LogP contribution in [-0.2, 0) is 4.57 Å². The van der Waals surface area contributed by atoms with E-state index in [1.807, 2.05) is 0 Å². The summed E-state index contributed by atoms with van der Waals surface area (Å²) < 4.78 is 128. The highest BCUT2D eigenvalue weighted by atomic mass is 79.9. The number of ether oxygens (including phenoxy) is 2. The molecule has 0 atom stereocenters. The first-order valence-corrected chi connectivity index (χ1v) is 12.9. The molecule has 0 N–H and O–H groups in total. The van der Waals surface area contributed by atoms with Crippen molar-refractivity contribution in [2.45, 2.75) is 21.9 Å². The Kier molecular flexibility index (Phi) is 7.89. The Morgan fingerprint density at radius 2 is 0.833 bits per heavy atom. The number of benzene rings is 3. The van der Waals surface area contributed by atoms with Crippen molar-refractivity contribution in [2.75, 3.05) is 0 Å². The van der Waals surface area contributed by atoms with Gasteiger partial charge in [0.1, 0.15) is 11.5 Å². The Balaban J connectivity index is 2.00. The average Bonchev–Trinajstić information content (AvgIpc) is 2.78. The van der Waals surface area contributed by atoms with Crippen LogP contribution < -0.4 is 25.4 Å². The molecule has 3 nitrogen and oxygen atoms in total. The molecule has 0 heterocycles. The highest BCUT2D eigenvalue weighted by Crippen LogP contribution is 2.45. The lowest BCUT2D eigenvalue weighted by molar-refractivity contribution is -0.266. The first-order valence-electron chi connectivity index (χ1n) is 9.61. The summed E-state index contributed by atoms with van der Waals surface area (Å²) in [5.74, 6) is -1.30. The number of hydrogen-bond acceptors (Lipinski definition) is 3. The lowest BCUT2D eigenvalue weighted by atomic mass is 10.3. The van der Waals surface area contributed by atoms with E-state index in [1.165, 1.54) is 12.1 Å². The predicted octanol–water partition coefficient (Wildman–Crippen LogP) is 7.24. The van der Waals surface area contributed by atoms with Crippen LogP contribution in [0, 0.1) is 0 Å². The molecular formula is C22H13Br2F8O3P. The van der Waals surface area contributed by atoms with Gasteiger partial charge in [0.15, 0.2) is 7.14 Å². The van der Waals surface area contributed by atoms with Gasteiger partial charge in [0.25, 0.3) is 0 Å². The Labute approximate surface area is 216 Å². The van der Waals surface area contributed by atoms with Crippen LogP contribution in [-0.4, -0.2) is 21.9 Å². The molecule has 0 bridgehead atoms. The third kappa shape index (κ3) is 5.89. The maximum atomic E-state index is 14.3. The van der Waals surface area contributed by atoms with Crippen molar-refractivity contribution in [2.24, 2.45) is 0 Å². The zero-order valence-corrected chi connectivity index (χ0v) is 21.5. The summed E-state index contributed by atoms with van der Waals surface area (Å²) in [5, 5.41) is 0.365. The minimum Gasteiger partial charge on any atom is -0.427 e. The maximum Gasteiger partial charge on any atom is 0.475 e. The molecule has 0 saturated heterocycles. The SMILES string of the molecule is O=P(c1ccccc1)(c1ccc(OC(F)(F)C(F)(F)Br)cc1)c1ccc(OC(F)(F)C(F)(F)Br)cc1. The lowest BCUT2D eigenvalue weighted by Crippen LogP contribution is -2.40. The van der Waals surface area contributed by atoms with Crippen LogP contribution in [0.3, 0.4) is 0 Å². The van der Waals surface area contributed by atoms with Gasteiger partial charge in [-0.15, -0.1) is 0 Å². The molecule has 3 rings (SSSR count). The van der Waals surface area contributed by atoms with Gasteiger partial charge in [0.05, 0.1) is 0 Å². The van der Waals surface area contributed by atoms with Gasteiger partial charge in [-0.1, -0.05) is 30.3 Å². The molecule has 14 heteroatoms. The fourth-order valence-corrected chi connectivity index (χ4v) is 5.73. The summed E-state index contributed by atoms with van der Waals surface area (Å²) in [5.41, 5.74) is 0. The molecule has 3 aromatic carbocycles. The minimum atomic E-state index is -4.89. The van der Waals surface area contributed by atoms with E-state index >= 15 is 0 Å². The third-order valence-corrected chi connectivity index (χ3v) is 8.67. The highest BCUT2D eigenvalue weighted by molar-refractivity contribution is 9.10. The van der Waals surface area contributed by atoms with Crippen molar-refractivity contribution in [3.05, 3.63) is 78.9 Å². The van der Waals surface area contributed by atoms with Crippen molar-refractivity contribution in [3.8, 4) is 11.5 Å². The van der Waals surface area contributed by atoms with Gasteiger partial charge < -0.3 is 14.0 Å². The number of hydrogen-bond donors (Lipinski definition) is 0. The predicted molar refractivity (Wildman–Crippen MR) is 125 cm³/mol. The fourth-order valence-electron chi connectivity index (χ4n) is 2.95. The van der Waals surface area contributed by atoms with Gasteiger partial charge in [-0.05, 0) is 48.5 Å². The summed E-state index contributed by atoms with van der Waals surface area (Å²) in [6, 6.07) is 15.9. The largest absolute Gasteiger partial charge is 0.475 e. The number of alkyl halides is 10. The van der Waals surface area contributed by atoms with Crippen LogP contribution in [0.2, 0.25) is 0 Å². The van der Waals surface area contributed by atoms with E-state index in [0.29, 0.717) is 0 Å². The van der Waals surface area contributed by atoms with Crippen molar-refractivity contribution in [1.29, 1.82) is 0 Å². The number of halogens is 10. The average molecular weight is 668 g/mol. The minimum absolute atomic E-state index is 0.0564. The molecule has 0 unspecified atom stereocenters. The van der Waals surface area contributed by atoms with Crippen molar-refractivity contribution >= 4 is 54.9 Å². The van der Waals surface area contributed by atoms with E-state index in [4.69, 9.17) is 0 Å². The third-order valence-electron chi connectivity index (χ3n) is 4.67. The summed E-state index contributed by atoms with van der Waals surface area (Å²) in [4.78, 5) is -9.31. The molecular weight excluding hydrogens is 655 g/mol. The molecule has 0 amide bonds. The standard InChI is InChI=1S/C22H13Br2F8O3P/c23-19(25,26)21(29,30)34-14-6-10-17(11-7-14)36(33,16-4-2-1-3-5-16)18-12-8-15(9-13-18)35-22(31,32)20(24,27)28/h1-13H. The molecule has 0 saturated carbocycles. The molecule has 36 heavy (non-hydrogen) atoms. The Hall–Kier alpha value is -2.11. The monoisotopic (exact) mass is 666 g/mol. The zero-order valence-electron chi connectivity index (χ0n) is 17.5. The van der Waals surface area contributed by atoms with Crippen LogP contribution >= 0.6 is 39.0 Å². The highest BCUT2D eigenvalue weighted by Gasteiger charge is 2.58. The Morgan fingerprint density at radius 1 is 0.528 bits per heavy atom. The smallest absolute Gasteiger partial charge is 0.427 e. The van der Waals surface area contributed by atoms with E-state index in [1.54, 1.807) is 50.1 Å². The van der Waals surface area contributed by atoms with Crippen molar-refractivity contribution < 1.29 is 49.2 Å². The number of rotatable bonds is 9. The summed E-state index contributed by atoms with van der Waals surface area (Å²) >= 11 is 3.09. The second-order valence-electron chi connectivity index (χ2n) is 7.17. The molecule has 0 aliphatic heterocycles. The van der Waals surface area contributed by atoms with Crippen molar-refractivity contribution in [3.63, 3.8) is 0 Å². The van der Waals surface area contributed by atoms with Crippen molar-refractivity contribution in [1.82, 2.24) is 0 Å². The molecule has 3 aromatic rings. The van der Waals surface area contributed by atoms with Crippen LogP contribution in [0.15, 0.2) is 78.9 Å². The van der Waals surface area contributed by atoms with E-state index in [2.05, 4.69) is 9.47 Å². The molecule has 0 spiro atoms. The molecule has 0 fully saturated rings. The topological polar surface area (TPSA) is 35.5 Å². The zero-order chi connectivity index (χ0) is 27.0. The second-order valence-corrected chi connectivity index (χ2v) is 11.9. The summed E-state index contributed by atoms with van der Waals surface area (Å²) in [6.07, 6.45) is -9.77. The van der Waals surface area contributed by atoms with Crippen LogP contribution in [0.4, 0.5) is 35.1 Å². The maximum absolute atomic E-state index is 14.3. The molecule has 0 radical (unpaired) electrons.